The highest BCUT2D eigenvalue weighted by molar-refractivity contribution is 6.31. The molecule has 182 valence electrons. The minimum atomic E-state index is -0.402. The monoisotopic (exact) mass is 494 g/mol. The van der Waals surface area contributed by atoms with Crippen LogP contribution in [0.15, 0.2) is 60.8 Å². The predicted octanol–water partition coefficient (Wildman–Crippen LogP) is 5.05. The predicted molar refractivity (Wildman–Crippen MR) is 139 cm³/mol. The van der Waals surface area contributed by atoms with Crippen molar-refractivity contribution in [2.24, 2.45) is 0 Å². The van der Waals surface area contributed by atoms with E-state index in [1.54, 1.807) is 29.3 Å². The number of amides is 4. The molecule has 0 unspecified atom stereocenters. The Bertz CT molecular complexity index is 1200. The van der Waals surface area contributed by atoms with Gasteiger partial charge >= 0.3 is 12.1 Å². The number of urea groups is 2. The average Bonchev–Trinajstić information content (AvgIpc) is 2.86. The Morgan fingerprint density at radius 3 is 2.40 bits per heavy atom. The van der Waals surface area contributed by atoms with E-state index in [9.17, 15) is 9.59 Å². The zero-order chi connectivity index (χ0) is 24.8. The number of ether oxygens (including phenoxy) is 1. The molecule has 0 spiro atoms. The van der Waals surface area contributed by atoms with E-state index >= 15 is 0 Å². The summed E-state index contributed by atoms with van der Waals surface area (Å²) >= 11 is 6.02. The molecule has 35 heavy (non-hydrogen) atoms. The van der Waals surface area contributed by atoms with E-state index in [1.165, 1.54) is 7.11 Å². The third-order valence-electron chi connectivity index (χ3n) is 5.70. The minimum absolute atomic E-state index is 0.145. The molecule has 3 N–H and O–H groups in total. The van der Waals surface area contributed by atoms with Crippen LogP contribution in [0.3, 0.4) is 0 Å². The Morgan fingerprint density at radius 2 is 1.71 bits per heavy atom. The second-order valence-electron chi connectivity index (χ2n) is 8.04. The molecule has 1 aliphatic rings. The number of aryl methyl sites for hydroxylation is 1. The van der Waals surface area contributed by atoms with Gasteiger partial charge in [0.15, 0.2) is 0 Å². The number of halogens is 1. The fourth-order valence-corrected chi connectivity index (χ4v) is 3.95. The average molecular weight is 495 g/mol. The summed E-state index contributed by atoms with van der Waals surface area (Å²) in [6.07, 6.45) is 1.66. The molecule has 0 aliphatic carbocycles. The van der Waals surface area contributed by atoms with Gasteiger partial charge < -0.3 is 25.2 Å². The van der Waals surface area contributed by atoms with Gasteiger partial charge in [-0.1, -0.05) is 17.7 Å². The van der Waals surface area contributed by atoms with Crippen molar-refractivity contribution in [2.45, 2.75) is 6.92 Å². The third-order valence-corrected chi connectivity index (χ3v) is 5.94. The third kappa shape index (κ3) is 6.13. The molecular formula is C25H27ClN6O3. The Kier molecular flexibility index (Phi) is 7.57. The lowest BCUT2D eigenvalue weighted by Crippen LogP contribution is -2.50. The Morgan fingerprint density at radius 1 is 0.971 bits per heavy atom. The number of hydrogen-bond acceptors (Lipinski definition) is 5. The number of hydrogen-bond donors (Lipinski definition) is 3. The molecular weight excluding hydrogens is 468 g/mol. The molecule has 9 nitrogen and oxygen atoms in total. The zero-order valence-corrected chi connectivity index (χ0v) is 20.3. The number of aromatic nitrogens is 1. The number of nitrogens with one attached hydrogen (secondary N) is 3. The van der Waals surface area contributed by atoms with Gasteiger partial charge in [0.1, 0.15) is 11.6 Å². The molecule has 2 aromatic carbocycles. The molecule has 0 atom stereocenters. The molecule has 1 aliphatic heterocycles. The summed E-state index contributed by atoms with van der Waals surface area (Å²) < 4.78 is 5.25. The lowest BCUT2D eigenvalue weighted by Gasteiger charge is -2.36. The van der Waals surface area contributed by atoms with Gasteiger partial charge in [-0.25, -0.2) is 14.6 Å². The van der Waals surface area contributed by atoms with Crippen molar-refractivity contribution in [3.8, 4) is 5.75 Å². The summed E-state index contributed by atoms with van der Waals surface area (Å²) in [7, 11) is 1.53. The molecule has 1 fully saturated rings. The number of rotatable bonds is 5. The number of methoxy groups -OCH3 is 1. The minimum Gasteiger partial charge on any atom is -0.495 e. The van der Waals surface area contributed by atoms with Crippen LogP contribution in [0.1, 0.15) is 5.56 Å². The molecule has 2 heterocycles. The van der Waals surface area contributed by atoms with Crippen LogP contribution in [0.2, 0.25) is 5.02 Å². The molecule has 1 saturated heterocycles. The fraction of sp³-hybridized carbons (Fsp3) is 0.240. The molecule has 3 aromatic rings. The number of pyridine rings is 1. The molecule has 4 rings (SSSR count). The maximum absolute atomic E-state index is 12.6. The van der Waals surface area contributed by atoms with Crippen molar-refractivity contribution in [3.05, 3.63) is 71.4 Å². The van der Waals surface area contributed by atoms with Crippen molar-refractivity contribution in [2.75, 3.05) is 54.1 Å². The zero-order valence-electron chi connectivity index (χ0n) is 19.5. The Balaban J connectivity index is 1.29. The number of piperazine rings is 1. The van der Waals surface area contributed by atoms with Gasteiger partial charge in [-0.2, -0.15) is 0 Å². The molecule has 1 aromatic heterocycles. The number of anilines is 4. The summed E-state index contributed by atoms with van der Waals surface area (Å²) in [6, 6.07) is 15.8. The quantitative estimate of drug-likeness (QED) is 0.461. The van der Waals surface area contributed by atoms with Gasteiger partial charge in [0.05, 0.1) is 12.8 Å². The standard InChI is InChI=1S/C25H27ClN6O3/c1-17-4-3-11-27-23(17)30-25(34)32-14-12-31(13-15-32)20-8-6-19(7-9-20)28-24(33)29-21-16-18(26)5-10-22(21)35-2/h3-11,16H,12-15H2,1-2H3,(H,27,30,34)(H2,28,29,33). The fourth-order valence-electron chi connectivity index (χ4n) is 3.78. The van der Waals surface area contributed by atoms with Gasteiger partial charge in [-0.05, 0) is 61.0 Å². The number of carbonyl (C=O) groups is 2. The van der Waals surface area contributed by atoms with Crippen molar-refractivity contribution < 1.29 is 14.3 Å². The maximum Gasteiger partial charge on any atom is 0.323 e. The molecule has 10 heteroatoms. The van der Waals surface area contributed by atoms with Gasteiger partial charge in [0.25, 0.3) is 0 Å². The second kappa shape index (κ2) is 11.0. The topological polar surface area (TPSA) is 98.8 Å². The number of benzene rings is 2. The summed E-state index contributed by atoms with van der Waals surface area (Å²) in [5.74, 6) is 1.10. The first kappa shape index (κ1) is 24.2. The van der Waals surface area contributed by atoms with Crippen LogP contribution in [0.25, 0.3) is 0 Å². The highest BCUT2D eigenvalue weighted by Crippen LogP contribution is 2.28. The SMILES string of the molecule is COc1ccc(Cl)cc1NC(=O)Nc1ccc(N2CCN(C(=O)Nc3ncccc3C)CC2)cc1. The van der Waals surface area contributed by atoms with Crippen molar-refractivity contribution in [3.63, 3.8) is 0 Å². The second-order valence-corrected chi connectivity index (χ2v) is 8.48. The summed E-state index contributed by atoms with van der Waals surface area (Å²) in [6.45, 7) is 4.52. The van der Waals surface area contributed by atoms with Crippen molar-refractivity contribution in [1.82, 2.24) is 9.88 Å². The van der Waals surface area contributed by atoms with E-state index < -0.39 is 6.03 Å². The summed E-state index contributed by atoms with van der Waals surface area (Å²) in [5, 5.41) is 8.93. The normalized spacial score (nSPS) is 13.2. The van der Waals surface area contributed by atoms with Gasteiger partial charge in [-0.15, -0.1) is 0 Å². The highest BCUT2D eigenvalue weighted by atomic mass is 35.5. The largest absolute Gasteiger partial charge is 0.495 e. The van der Waals surface area contributed by atoms with Crippen LogP contribution in [0.5, 0.6) is 5.75 Å². The van der Waals surface area contributed by atoms with E-state index in [0.29, 0.717) is 54.1 Å². The smallest absolute Gasteiger partial charge is 0.323 e. The summed E-state index contributed by atoms with van der Waals surface area (Å²) in [4.78, 5) is 33.2. The number of nitrogens with zero attached hydrogens (tertiary/aromatic N) is 3. The van der Waals surface area contributed by atoms with Crippen LogP contribution < -0.4 is 25.6 Å². The van der Waals surface area contributed by atoms with Crippen LogP contribution in [-0.2, 0) is 0 Å². The lowest BCUT2D eigenvalue weighted by molar-refractivity contribution is 0.208. The van der Waals surface area contributed by atoms with Crippen molar-refractivity contribution >= 4 is 46.5 Å². The van der Waals surface area contributed by atoms with Crippen LogP contribution in [0, 0.1) is 6.92 Å². The Hall–Kier alpha value is -3.98. The van der Waals surface area contributed by atoms with Crippen LogP contribution >= 0.6 is 11.6 Å². The first-order chi connectivity index (χ1) is 16.9. The van der Waals surface area contributed by atoms with Gasteiger partial charge in [0, 0.05) is 48.8 Å². The van der Waals surface area contributed by atoms with Crippen LogP contribution in [0.4, 0.5) is 32.5 Å². The first-order valence-electron chi connectivity index (χ1n) is 11.2. The number of carbonyl (C=O) groups excluding carboxylic acids is 2. The van der Waals surface area contributed by atoms with E-state index in [4.69, 9.17) is 16.3 Å². The van der Waals surface area contributed by atoms with Gasteiger partial charge in [0.2, 0.25) is 0 Å². The molecule has 0 saturated carbocycles. The maximum atomic E-state index is 12.6. The molecule has 0 radical (unpaired) electrons. The van der Waals surface area contributed by atoms with E-state index in [-0.39, 0.29) is 6.03 Å². The first-order valence-corrected chi connectivity index (χ1v) is 11.5. The van der Waals surface area contributed by atoms with E-state index in [1.807, 2.05) is 43.3 Å². The summed E-state index contributed by atoms with van der Waals surface area (Å²) in [5.41, 5.74) is 3.08. The Labute approximate surface area is 209 Å². The lowest BCUT2D eigenvalue weighted by atomic mass is 10.2. The van der Waals surface area contributed by atoms with E-state index in [0.717, 1.165) is 11.3 Å². The van der Waals surface area contributed by atoms with Crippen molar-refractivity contribution in [1.29, 1.82) is 0 Å². The molecule has 0 bridgehead atoms. The van der Waals surface area contributed by atoms with E-state index in [2.05, 4.69) is 25.8 Å². The van der Waals surface area contributed by atoms with Gasteiger partial charge in [-0.3, -0.25) is 5.32 Å². The highest BCUT2D eigenvalue weighted by Gasteiger charge is 2.22. The van der Waals surface area contributed by atoms with Crippen LogP contribution in [-0.4, -0.2) is 55.2 Å². The molecule has 4 amide bonds.